The summed E-state index contributed by atoms with van der Waals surface area (Å²) in [4.78, 5) is 0. The number of ether oxygens (including phenoxy) is 2. The van der Waals surface area contributed by atoms with Crippen molar-refractivity contribution in [1.82, 2.24) is 0 Å². The van der Waals surface area contributed by atoms with Crippen molar-refractivity contribution in [2.75, 3.05) is 0 Å². The van der Waals surface area contributed by atoms with E-state index in [1.54, 1.807) is 6.26 Å². The molecular weight excluding hydrogens is 284 g/mol. The Morgan fingerprint density at radius 3 is 2.61 bits per heavy atom. The van der Waals surface area contributed by atoms with Gasteiger partial charge in [0.1, 0.15) is 11.5 Å². The molecule has 23 heavy (non-hydrogen) atoms. The Morgan fingerprint density at radius 1 is 0.739 bits per heavy atom. The highest BCUT2D eigenvalue weighted by Gasteiger charge is 2.37. The Balaban J connectivity index is 1.72. The van der Waals surface area contributed by atoms with E-state index in [0.717, 1.165) is 22.6 Å². The van der Waals surface area contributed by atoms with Crippen molar-refractivity contribution in [3.8, 4) is 11.5 Å². The predicted molar refractivity (Wildman–Crippen MR) is 91.5 cm³/mol. The van der Waals surface area contributed by atoms with Crippen LogP contribution in [0.5, 0.6) is 11.5 Å². The predicted octanol–water partition coefficient (Wildman–Crippen LogP) is 5.05. The first-order chi connectivity index (χ1) is 11.4. The maximum absolute atomic E-state index is 6.44. The minimum absolute atomic E-state index is 0.593. The van der Waals surface area contributed by atoms with Gasteiger partial charge in [0.25, 0.3) is 0 Å². The zero-order valence-electron chi connectivity index (χ0n) is 12.4. The van der Waals surface area contributed by atoms with Crippen LogP contribution in [0.25, 0.3) is 16.8 Å². The van der Waals surface area contributed by atoms with Crippen molar-refractivity contribution >= 4 is 16.8 Å². The van der Waals surface area contributed by atoms with Crippen LogP contribution in [0, 0.1) is 0 Å². The monoisotopic (exact) mass is 298 g/mol. The van der Waals surface area contributed by atoms with Gasteiger partial charge in [0.05, 0.1) is 6.26 Å². The van der Waals surface area contributed by atoms with E-state index < -0.39 is 5.60 Å². The lowest BCUT2D eigenvalue weighted by molar-refractivity contribution is 0.157. The average Bonchev–Trinajstić information content (AvgIpc) is 2.62. The normalized spacial score (nSPS) is 20.7. The number of rotatable bonds is 0. The third-order valence-electron chi connectivity index (χ3n) is 4.53. The van der Waals surface area contributed by atoms with Crippen LogP contribution in [-0.2, 0) is 5.60 Å². The van der Waals surface area contributed by atoms with Crippen LogP contribution < -0.4 is 9.47 Å². The summed E-state index contributed by atoms with van der Waals surface area (Å²) in [6, 6.07) is 20.5. The van der Waals surface area contributed by atoms with E-state index in [1.165, 1.54) is 10.8 Å². The van der Waals surface area contributed by atoms with Gasteiger partial charge < -0.3 is 9.47 Å². The number of para-hydroxylation sites is 1. The van der Waals surface area contributed by atoms with Crippen LogP contribution in [0.3, 0.4) is 0 Å². The van der Waals surface area contributed by atoms with Crippen molar-refractivity contribution in [2.24, 2.45) is 0 Å². The molecule has 0 fully saturated rings. The number of hydrogen-bond acceptors (Lipinski definition) is 2. The molecule has 1 spiro atoms. The lowest BCUT2D eigenvalue weighted by atomic mass is 9.87. The van der Waals surface area contributed by atoms with Gasteiger partial charge in [-0.05, 0) is 35.1 Å². The minimum Gasteiger partial charge on any atom is -0.473 e. The van der Waals surface area contributed by atoms with Crippen molar-refractivity contribution in [3.05, 3.63) is 90.2 Å². The molecule has 2 nitrogen and oxygen atoms in total. The smallest absolute Gasteiger partial charge is 0.178 e. The van der Waals surface area contributed by atoms with Gasteiger partial charge in [-0.1, -0.05) is 48.5 Å². The lowest BCUT2D eigenvalue weighted by Crippen LogP contribution is -2.33. The quantitative estimate of drug-likeness (QED) is 0.578. The van der Waals surface area contributed by atoms with Gasteiger partial charge >= 0.3 is 0 Å². The fourth-order valence-corrected chi connectivity index (χ4v) is 3.38. The third-order valence-corrected chi connectivity index (χ3v) is 4.53. The highest BCUT2D eigenvalue weighted by molar-refractivity contribution is 5.94. The van der Waals surface area contributed by atoms with E-state index in [2.05, 4.69) is 54.6 Å². The number of fused-ring (bicyclic) bond motifs is 5. The van der Waals surface area contributed by atoms with E-state index in [9.17, 15) is 0 Å². The zero-order valence-corrected chi connectivity index (χ0v) is 12.4. The highest BCUT2D eigenvalue weighted by Crippen LogP contribution is 2.45. The molecule has 5 rings (SSSR count). The summed E-state index contributed by atoms with van der Waals surface area (Å²) in [5.41, 5.74) is 1.56. The van der Waals surface area contributed by atoms with E-state index in [1.807, 2.05) is 24.3 Å². The first kappa shape index (κ1) is 12.5. The first-order valence-electron chi connectivity index (χ1n) is 7.70. The van der Waals surface area contributed by atoms with E-state index in [4.69, 9.17) is 9.47 Å². The van der Waals surface area contributed by atoms with Crippen molar-refractivity contribution < 1.29 is 9.47 Å². The van der Waals surface area contributed by atoms with E-state index in [-0.39, 0.29) is 0 Å². The lowest BCUT2D eigenvalue weighted by Gasteiger charge is -2.35. The second kappa shape index (κ2) is 4.50. The molecule has 3 aromatic rings. The third kappa shape index (κ3) is 1.75. The van der Waals surface area contributed by atoms with Gasteiger partial charge in [-0.15, -0.1) is 0 Å². The number of hydrogen-bond donors (Lipinski definition) is 0. The van der Waals surface area contributed by atoms with Crippen molar-refractivity contribution in [2.45, 2.75) is 5.60 Å². The Hall–Kier alpha value is -3.00. The van der Waals surface area contributed by atoms with Crippen molar-refractivity contribution in [1.29, 1.82) is 0 Å². The maximum Gasteiger partial charge on any atom is 0.178 e. The van der Waals surface area contributed by atoms with Crippen LogP contribution in [0.2, 0.25) is 0 Å². The Morgan fingerprint density at radius 2 is 1.61 bits per heavy atom. The summed E-state index contributed by atoms with van der Waals surface area (Å²) in [6.45, 7) is 0. The molecule has 1 unspecified atom stereocenters. The molecule has 3 aromatic carbocycles. The van der Waals surface area contributed by atoms with E-state index in [0.29, 0.717) is 0 Å². The maximum atomic E-state index is 6.44. The molecule has 0 saturated heterocycles. The van der Waals surface area contributed by atoms with Crippen LogP contribution in [0.4, 0.5) is 0 Å². The molecule has 1 atom stereocenters. The molecular formula is C21H14O2. The molecule has 0 N–H and O–H groups in total. The van der Waals surface area contributed by atoms with Gasteiger partial charge in [-0.3, -0.25) is 0 Å². The van der Waals surface area contributed by atoms with E-state index >= 15 is 0 Å². The summed E-state index contributed by atoms with van der Waals surface area (Å²) in [7, 11) is 0. The molecule has 0 bridgehead atoms. The molecule has 0 radical (unpaired) electrons. The Kier molecular flexibility index (Phi) is 2.45. The molecule has 0 amide bonds. The summed E-state index contributed by atoms with van der Waals surface area (Å²) < 4.78 is 12.1. The summed E-state index contributed by atoms with van der Waals surface area (Å²) in [5, 5.41) is 2.43. The van der Waals surface area contributed by atoms with Gasteiger partial charge in [0.15, 0.2) is 5.60 Å². The topological polar surface area (TPSA) is 18.5 Å². The number of benzene rings is 3. The minimum atomic E-state index is -0.593. The van der Waals surface area contributed by atoms with Gasteiger partial charge in [-0.2, -0.15) is 0 Å². The average molecular weight is 298 g/mol. The Bertz CT molecular complexity index is 984. The van der Waals surface area contributed by atoms with Crippen LogP contribution in [-0.4, -0.2) is 0 Å². The van der Waals surface area contributed by atoms with Crippen LogP contribution in [0.15, 0.2) is 79.1 Å². The molecule has 2 heterocycles. The van der Waals surface area contributed by atoms with Crippen LogP contribution >= 0.6 is 0 Å². The summed E-state index contributed by atoms with van der Waals surface area (Å²) in [5.74, 6) is 1.73. The second-order valence-electron chi connectivity index (χ2n) is 5.84. The first-order valence-corrected chi connectivity index (χ1v) is 7.70. The van der Waals surface area contributed by atoms with Crippen LogP contribution in [0.1, 0.15) is 11.1 Å². The van der Waals surface area contributed by atoms with Gasteiger partial charge in [0, 0.05) is 17.2 Å². The molecule has 2 heteroatoms. The standard InChI is InChI=1S/C21H14O2/c1-2-6-16-15(5-1)9-10-19-17(16)11-12-21(23-19)13-14-22-20-8-4-3-7-18(20)21/h1-14H. The highest BCUT2D eigenvalue weighted by atomic mass is 16.5. The largest absolute Gasteiger partial charge is 0.473 e. The second-order valence-corrected chi connectivity index (χ2v) is 5.84. The molecule has 110 valence electrons. The fourth-order valence-electron chi connectivity index (χ4n) is 3.38. The van der Waals surface area contributed by atoms with Gasteiger partial charge in [0.2, 0.25) is 0 Å². The summed E-state index contributed by atoms with van der Waals surface area (Å²) >= 11 is 0. The zero-order chi connectivity index (χ0) is 15.3. The Labute approximate surface area is 134 Å². The SMILES string of the molecule is C1=CC2(C=Cc3c(ccc4ccccc34)O2)c2ccccc2O1. The van der Waals surface area contributed by atoms with Gasteiger partial charge in [-0.25, -0.2) is 0 Å². The molecule has 2 aliphatic heterocycles. The molecule has 2 aliphatic rings. The fraction of sp³-hybridized carbons (Fsp3) is 0.0476. The van der Waals surface area contributed by atoms with Crippen molar-refractivity contribution in [3.63, 3.8) is 0 Å². The summed E-state index contributed by atoms with van der Waals surface area (Å²) in [6.07, 6.45) is 7.94. The molecule has 0 saturated carbocycles. The molecule has 0 aliphatic carbocycles. The molecule has 0 aromatic heterocycles.